The van der Waals surface area contributed by atoms with Crippen LogP contribution in [0.4, 0.5) is 0 Å². The van der Waals surface area contributed by atoms with E-state index in [0.717, 1.165) is 18.2 Å². The minimum Gasteiger partial charge on any atom is -0.465 e. The van der Waals surface area contributed by atoms with Gasteiger partial charge in [0.2, 0.25) is 15.3 Å². The summed E-state index contributed by atoms with van der Waals surface area (Å²) in [5, 5.41) is -0.00587. The predicted molar refractivity (Wildman–Crippen MR) is 69.2 cm³/mol. The molecule has 102 valence electrons. The normalized spacial score (nSPS) is 13.4. The summed E-state index contributed by atoms with van der Waals surface area (Å²) in [6, 6.07) is 3.00. The summed E-state index contributed by atoms with van der Waals surface area (Å²) in [6.07, 6.45) is 2.30. The maximum Gasteiger partial charge on any atom is 0.244 e. The van der Waals surface area contributed by atoms with Gasteiger partial charge >= 0.3 is 0 Å². The molecule has 2 aromatic heterocycles. The Morgan fingerprint density at radius 1 is 1.32 bits per heavy atom. The number of sulfonamides is 1. The summed E-state index contributed by atoms with van der Waals surface area (Å²) >= 11 is 5.51. The van der Waals surface area contributed by atoms with Crippen molar-refractivity contribution in [2.24, 2.45) is 0 Å². The van der Waals surface area contributed by atoms with Crippen molar-refractivity contribution < 1.29 is 12.8 Å². The smallest absolute Gasteiger partial charge is 0.244 e. The first kappa shape index (κ1) is 14.0. The van der Waals surface area contributed by atoms with Crippen LogP contribution in [0.5, 0.6) is 0 Å². The molecular formula is C11H12ClN3O3S. The Hall–Kier alpha value is -1.44. The van der Waals surface area contributed by atoms with Gasteiger partial charge in [-0.05, 0) is 37.6 Å². The second-order valence-corrected chi connectivity index (χ2v) is 6.03. The van der Waals surface area contributed by atoms with E-state index in [0.29, 0.717) is 5.76 Å². The summed E-state index contributed by atoms with van der Waals surface area (Å²) in [6.45, 7) is 3.48. The van der Waals surface area contributed by atoms with Crippen LogP contribution < -0.4 is 4.72 Å². The Labute approximate surface area is 115 Å². The molecule has 0 spiro atoms. The monoisotopic (exact) mass is 301 g/mol. The number of hydrogen-bond acceptors (Lipinski definition) is 5. The first-order chi connectivity index (χ1) is 8.88. The van der Waals surface area contributed by atoms with Crippen molar-refractivity contribution in [3.8, 4) is 0 Å². The lowest BCUT2D eigenvalue weighted by Gasteiger charge is -2.11. The Morgan fingerprint density at radius 3 is 2.47 bits per heavy atom. The zero-order chi connectivity index (χ0) is 14.0. The van der Waals surface area contributed by atoms with Gasteiger partial charge in [0, 0.05) is 0 Å². The van der Waals surface area contributed by atoms with Crippen LogP contribution in [-0.2, 0) is 10.0 Å². The Balaban J connectivity index is 2.19. The van der Waals surface area contributed by atoms with Crippen LogP contribution in [0.15, 0.2) is 33.8 Å². The van der Waals surface area contributed by atoms with Gasteiger partial charge in [-0.15, -0.1) is 0 Å². The van der Waals surface area contributed by atoms with Crippen LogP contribution in [0.25, 0.3) is 0 Å². The molecule has 0 aromatic carbocycles. The average molecular weight is 302 g/mol. The van der Waals surface area contributed by atoms with Crippen LogP contribution in [0.1, 0.15) is 24.5 Å². The van der Waals surface area contributed by atoms with Crippen molar-refractivity contribution in [3.05, 3.63) is 41.3 Å². The maximum absolute atomic E-state index is 12.1. The van der Waals surface area contributed by atoms with Crippen molar-refractivity contribution in [2.75, 3.05) is 0 Å². The van der Waals surface area contributed by atoms with Gasteiger partial charge in [0.25, 0.3) is 0 Å². The number of halogens is 1. The fourth-order valence-electron chi connectivity index (χ4n) is 1.48. The molecule has 2 aromatic rings. The van der Waals surface area contributed by atoms with E-state index in [-0.39, 0.29) is 10.2 Å². The standard InChI is InChI=1S/C11H12ClN3O3S/c1-7-3-4-10(18-7)8(2)15-19(16,17)9-5-13-11(12)14-6-9/h3-6,8,15H,1-2H3. The summed E-state index contributed by atoms with van der Waals surface area (Å²) in [7, 11) is -3.71. The molecule has 6 nitrogen and oxygen atoms in total. The van der Waals surface area contributed by atoms with E-state index in [1.165, 1.54) is 0 Å². The molecule has 19 heavy (non-hydrogen) atoms. The van der Waals surface area contributed by atoms with E-state index in [1.54, 1.807) is 26.0 Å². The fourth-order valence-corrected chi connectivity index (χ4v) is 2.68. The van der Waals surface area contributed by atoms with Crippen molar-refractivity contribution >= 4 is 21.6 Å². The van der Waals surface area contributed by atoms with E-state index in [4.69, 9.17) is 16.0 Å². The summed E-state index contributed by atoms with van der Waals surface area (Å²) in [5.41, 5.74) is 0. The second-order valence-electron chi connectivity index (χ2n) is 3.98. The molecule has 0 radical (unpaired) electrons. The lowest BCUT2D eigenvalue weighted by molar-refractivity contribution is 0.441. The Kier molecular flexibility index (Phi) is 3.88. The molecular weight excluding hydrogens is 290 g/mol. The average Bonchev–Trinajstić information content (AvgIpc) is 2.76. The molecule has 8 heteroatoms. The first-order valence-electron chi connectivity index (χ1n) is 5.45. The summed E-state index contributed by atoms with van der Waals surface area (Å²) < 4.78 is 32.0. The van der Waals surface area contributed by atoms with Gasteiger partial charge in [-0.25, -0.2) is 23.1 Å². The summed E-state index contributed by atoms with van der Waals surface area (Å²) in [4.78, 5) is 7.23. The first-order valence-corrected chi connectivity index (χ1v) is 7.31. The van der Waals surface area contributed by atoms with Crippen LogP contribution in [-0.4, -0.2) is 18.4 Å². The molecule has 1 N–H and O–H groups in total. The van der Waals surface area contributed by atoms with Crippen LogP contribution in [0.3, 0.4) is 0 Å². The second kappa shape index (κ2) is 5.28. The van der Waals surface area contributed by atoms with Crippen molar-refractivity contribution in [1.29, 1.82) is 0 Å². The predicted octanol–water partition coefficient (Wildman–Crippen LogP) is 2.07. The minimum atomic E-state index is -3.71. The van der Waals surface area contributed by atoms with Gasteiger partial charge in [0.1, 0.15) is 16.4 Å². The SMILES string of the molecule is Cc1ccc(C(C)NS(=O)(=O)c2cnc(Cl)nc2)o1. The molecule has 2 heterocycles. The molecule has 0 saturated carbocycles. The van der Waals surface area contributed by atoms with Crippen LogP contribution in [0, 0.1) is 6.92 Å². The highest BCUT2D eigenvalue weighted by molar-refractivity contribution is 7.89. The van der Waals surface area contributed by atoms with Crippen molar-refractivity contribution in [1.82, 2.24) is 14.7 Å². The molecule has 0 aliphatic rings. The third-order valence-electron chi connectivity index (χ3n) is 2.43. The largest absolute Gasteiger partial charge is 0.465 e. The summed E-state index contributed by atoms with van der Waals surface area (Å²) in [5.74, 6) is 1.26. The molecule has 2 rings (SSSR count). The van der Waals surface area contributed by atoms with Gasteiger partial charge in [-0.1, -0.05) is 0 Å². The van der Waals surface area contributed by atoms with E-state index in [2.05, 4.69) is 14.7 Å². The third-order valence-corrected chi connectivity index (χ3v) is 4.12. The highest BCUT2D eigenvalue weighted by Gasteiger charge is 2.20. The van der Waals surface area contributed by atoms with Crippen molar-refractivity contribution in [3.63, 3.8) is 0 Å². The molecule has 1 unspecified atom stereocenters. The number of aryl methyl sites for hydroxylation is 1. The van der Waals surface area contributed by atoms with E-state index in [1.807, 2.05) is 0 Å². The minimum absolute atomic E-state index is 0.00587. The lowest BCUT2D eigenvalue weighted by atomic mass is 10.3. The molecule has 0 bridgehead atoms. The zero-order valence-corrected chi connectivity index (χ0v) is 11.9. The van der Waals surface area contributed by atoms with Crippen molar-refractivity contribution in [2.45, 2.75) is 24.8 Å². The van der Waals surface area contributed by atoms with Gasteiger partial charge in [-0.2, -0.15) is 0 Å². The number of hydrogen-bond donors (Lipinski definition) is 1. The highest BCUT2D eigenvalue weighted by atomic mass is 35.5. The molecule has 1 atom stereocenters. The Morgan fingerprint density at radius 2 is 1.95 bits per heavy atom. The van der Waals surface area contributed by atoms with Gasteiger partial charge in [-0.3, -0.25) is 0 Å². The van der Waals surface area contributed by atoms with Crippen LogP contribution in [0.2, 0.25) is 5.28 Å². The maximum atomic E-state index is 12.1. The van der Waals surface area contributed by atoms with Gasteiger partial charge < -0.3 is 4.42 Å². The molecule has 0 aliphatic carbocycles. The molecule has 0 amide bonds. The third kappa shape index (κ3) is 3.31. The number of aromatic nitrogens is 2. The van der Waals surface area contributed by atoms with E-state index < -0.39 is 16.1 Å². The molecule has 0 aliphatic heterocycles. The number of furan rings is 1. The molecule has 0 saturated heterocycles. The van der Waals surface area contributed by atoms with E-state index in [9.17, 15) is 8.42 Å². The van der Waals surface area contributed by atoms with Gasteiger partial charge in [0.05, 0.1) is 18.4 Å². The zero-order valence-electron chi connectivity index (χ0n) is 10.3. The number of nitrogens with zero attached hydrogens (tertiary/aromatic N) is 2. The molecule has 0 fully saturated rings. The quantitative estimate of drug-likeness (QED) is 0.874. The lowest BCUT2D eigenvalue weighted by Crippen LogP contribution is -2.26. The van der Waals surface area contributed by atoms with Gasteiger partial charge in [0.15, 0.2) is 0 Å². The topological polar surface area (TPSA) is 85.1 Å². The van der Waals surface area contributed by atoms with E-state index >= 15 is 0 Å². The van der Waals surface area contributed by atoms with Crippen LogP contribution >= 0.6 is 11.6 Å². The highest BCUT2D eigenvalue weighted by Crippen LogP contribution is 2.18. The number of nitrogens with one attached hydrogen (secondary N) is 1. The Bertz CT molecular complexity index is 667. The number of rotatable bonds is 4. The fraction of sp³-hybridized carbons (Fsp3) is 0.273.